The van der Waals surface area contributed by atoms with Crippen molar-refractivity contribution in [1.29, 1.82) is 0 Å². The summed E-state index contributed by atoms with van der Waals surface area (Å²) in [6.07, 6.45) is 4.63. The molecule has 0 spiro atoms. The summed E-state index contributed by atoms with van der Waals surface area (Å²) in [5.41, 5.74) is 3.40. The van der Waals surface area contributed by atoms with Gasteiger partial charge in [-0.1, -0.05) is 12.1 Å². The molecular formula is C16H23ClN2O. The third kappa shape index (κ3) is 3.33. The van der Waals surface area contributed by atoms with Crippen LogP contribution in [0.1, 0.15) is 53.1 Å². The Kier molecular flexibility index (Phi) is 5.06. The summed E-state index contributed by atoms with van der Waals surface area (Å²) in [5, 5.41) is 6.49. The molecule has 4 heteroatoms. The van der Waals surface area contributed by atoms with Crippen LogP contribution < -0.4 is 10.6 Å². The molecule has 0 bridgehead atoms. The van der Waals surface area contributed by atoms with Crippen molar-refractivity contribution in [3.63, 3.8) is 0 Å². The lowest BCUT2D eigenvalue weighted by Crippen LogP contribution is -2.28. The van der Waals surface area contributed by atoms with Crippen molar-refractivity contribution in [2.45, 2.75) is 44.6 Å². The molecule has 1 amide bonds. The van der Waals surface area contributed by atoms with Gasteiger partial charge in [-0.2, -0.15) is 0 Å². The van der Waals surface area contributed by atoms with Crippen LogP contribution in [0.15, 0.2) is 18.2 Å². The summed E-state index contributed by atoms with van der Waals surface area (Å²) in [6.45, 7) is 4.27. The molecule has 20 heavy (non-hydrogen) atoms. The average Bonchev–Trinajstić information content (AvgIpc) is 3.24. The summed E-state index contributed by atoms with van der Waals surface area (Å²) < 4.78 is 0. The molecule has 0 unspecified atom stereocenters. The molecule has 2 aliphatic rings. The van der Waals surface area contributed by atoms with Gasteiger partial charge in [0.25, 0.3) is 5.91 Å². The van der Waals surface area contributed by atoms with Gasteiger partial charge in [0, 0.05) is 11.6 Å². The first-order valence-electron chi connectivity index (χ1n) is 7.37. The molecule has 1 aromatic carbocycles. The fraction of sp³-hybridized carbons (Fsp3) is 0.562. The normalized spacial score (nSPS) is 19.2. The molecule has 1 saturated carbocycles. The summed E-state index contributed by atoms with van der Waals surface area (Å²) in [7, 11) is 0. The highest BCUT2D eigenvalue weighted by molar-refractivity contribution is 5.96. The molecule has 110 valence electrons. The van der Waals surface area contributed by atoms with E-state index in [4.69, 9.17) is 0 Å². The molecule has 1 heterocycles. The number of hydrogen-bond acceptors (Lipinski definition) is 2. The summed E-state index contributed by atoms with van der Waals surface area (Å²) >= 11 is 0. The number of nitrogens with one attached hydrogen (secondary N) is 2. The standard InChI is InChI=1S/C16H22N2O.ClH/c1-11-14(12-7-9-17-10-8-12)3-2-4-15(11)16(19)18-13-5-6-13;/h2-4,12-13,17H,5-10H2,1H3,(H,18,19);1H. The Labute approximate surface area is 126 Å². The van der Waals surface area contributed by atoms with Gasteiger partial charge in [-0.05, 0) is 68.8 Å². The van der Waals surface area contributed by atoms with Gasteiger partial charge >= 0.3 is 0 Å². The van der Waals surface area contributed by atoms with Crippen molar-refractivity contribution in [2.24, 2.45) is 0 Å². The molecule has 3 nitrogen and oxygen atoms in total. The Morgan fingerprint density at radius 2 is 1.90 bits per heavy atom. The molecular weight excluding hydrogens is 272 g/mol. The highest BCUT2D eigenvalue weighted by Gasteiger charge is 2.25. The minimum absolute atomic E-state index is 0. The fourth-order valence-corrected chi connectivity index (χ4v) is 2.97. The van der Waals surface area contributed by atoms with E-state index in [1.165, 1.54) is 24.0 Å². The Morgan fingerprint density at radius 3 is 2.55 bits per heavy atom. The number of hydrogen-bond donors (Lipinski definition) is 2. The van der Waals surface area contributed by atoms with Crippen molar-refractivity contribution in [3.8, 4) is 0 Å². The molecule has 1 aromatic rings. The van der Waals surface area contributed by atoms with Crippen LogP contribution in [-0.4, -0.2) is 25.0 Å². The maximum absolute atomic E-state index is 12.2. The SMILES string of the molecule is Cc1c(C(=O)NC2CC2)cccc1C1CCNCC1.Cl. The monoisotopic (exact) mass is 294 g/mol. The molecule has 3 rings (SSSR count). The number of piperidine rings is 1. The lowest BCUT2D eigenvalue weighted by Gasteiger charge is -2.25. The van der Waals surface area contributed by atoms with Crippen molar-refractivity contribution >= 4 is 18.3 Å². The van der Waals surface area contributed by atoms with Gasteiger partial charge in [-0.15, -0.1) is 12.4 Å². The number of halogens is 1. The average molecular weight is 295 g/mol. The maximum Gasteiger partial charge on any atom is 0.251 e. The smallest absolute Gasteiger partial charge is 0.251 e. The van der Waals surface area contributed by atoms with Crippen molar-refractivity contribution in [2.75, 3.05) is 13.1 Å². The molecule has 1 aliphatic heterocycles. The van der Waals surface area contributed by atoms with Crippen molar-refractivity contribution < 1.29 is 4.79 Å². The summed E-state index contributed by atoms with van der Waals surface area (Å²) in [4.78, 5) is 12.2. The van der Waals surface area contributed by atoms with E-state index < -0.39 is 0 Å². The van der Waals surface area contributed by atoms with Gasteiger partial charge in [0.2, 0.25) is 0 Å². The lowest BCUT2D eigenvalue weighted by molar-refractivity contribution is 0.0950. The van der Waals surface area contributed by atoms with Crippen LogP contribution in [0.5, 0.6) is 0 Å². The maximum atomic E-state index is 12.2. The molecule has 0 radical (unpaired) electrons. The number of carbonyl (C=O) groups is 1. The topological polar surface area (TPSA) is 41.1 Å². The largest absolute Gasteiger partial charge is 0.349 e. The quantitative estimate of drug-likeness (QED) is 0.900. The van der Waals surface area contributed by atoms with Crippen molar-refractivity contribution in [1.82, 2.24) is 10.6 Å². The predicted molar refractivity (Wildman–Crippen MR) is 83.8 cm³/mol. The number of amides is 1. The molecule has 2 fully saturated rings. The second-order valence-electron chi connectivity index (χ2n) is 5.79. The van der Waals surface area contributed by atoms with E-state index >= 15 is 0 Å². The Balaban J connectivity index is 0.00000147. The predicted octanol–water partition coefficient (Wildman–Crippen LogP) is 2.78. The highest BCUT2D eigenvalue weighted by atomic mass is 35.5. The van der Waals surface area contributed by atoms with E-state index in [2.05, 4.69) is 23.6 Å². The molecule has 0 aromatic heterocycles. The van der Waals surface area contributed by atoms with Crippen LogP contribution in [0.3, 0.4) is 0 Å². The zero-order chi connectivity index (χ0) is 13.2. The zero-order valence-electron chi connectivity index (χ0n) is 11.9. The van der Waals surface area contributed by atoms with E-state index in [0.29, 0.717) is 12.0 Å². The second-order valence-corrected chi connectivity index (χ2v) is 5.79. The zero-order valence-corrected chi connectivity index (χ0v) is 12.8. The van der Waals surface area contributed by atoms with Gasteiger partial charge in [-0.3, -0.25) is 4.79 Å². The number of benzene rings is 1. The summed E-state index contributed by atoms with van der Waals surface area (Å²) in [5.74, 6) is 0.714. The molecule has 0 atom stereocenters. The summed E-state index contributed by atoms with van der Waals surface area (Å²) in [6, 6.07) is 6.61. The van der Waals surface area contributed by atoms with E-state index in [9.17, 15) is 4.79 Å². The fourth-order valence-electron chi connectivity index (χ4n) is 2.97. The first-order chi connectivity index (χ1) is 9.25. The van der Waals surface area contributed by atoms with Crippen LogP contribution in [0.2, 0.25) is 0 Å². The van der Waals surface area contributed by atoms with Gasteiger partial charge in [-0.25, -0.2) is 0 Å². The van der Waals surface area contributed by atoms with Gasteiger partial charge in [0.05, 0.1) is 0 Å². The lowest BCUT2D eigenvalue weighted by atomic mass is 9.86. The van der Waals surface area contributed by atoms with Crippen LogP contribution in [0, 0.1) is 6.92 Å². The van der Waals surface area contributed by atoms with Gasteiger partial charge in [0.15, 0.2) is 0 Å². The van der Waals surface area contributed by atoms with E-state index in [1.54, 1.807) is 0 Å². The minimum Gasteiger partial charge on any atom is -0.349 e. The third-order valence-corrected chi connectivity index (χ3v) is 4.31. The van der Waals surface area contributed by atoms with Gasteiger partial charge in [0.1, 0.15) is 0 Å². The Morgan fingerprint density at radius 1 is 1.20 bits per heavy atom. The van der Waals surface area contributed by atoms with E-state index in [-0.39, 0.29) is 18.3 Å². The van der Waals surface area contributed by atoms with Crippen molar-refractivity contribution in [3.05, 3.63) is 34.9 Å². The number of rotatable bonds is 3. The molecule has 1 aliphatic carbocycles. The van der Waals surface area contributed by atoms with Crippen LogP contribution in [0.25, 0.3) is 0 Å². The Hall–Kier alpha value is -1.06. The third-order valence-electron chi connectivity index (χ3n) is 4.31. The van der Waals surface area contributed by atoms with Gasteiger partial charge < -0.3 is 10.6 Å². The number of carbonyl (C=O) groups excluding carboxylic acids is 1. The van der Waals surface area contributed by atoms with E-state index in [1.807, 2.05) is 12.1 Å². The highest BCUT2D eigenvalue weighted by Crippen LogP contribution is 2.29. The first kappa shape index (κ1) is 15.3. The van der Waals surface area contributed by atoms with Crippen LogP contribution >= 0.6 is 12.4 Å². The van der Waals surface area contributed by atoms with Crippen LogP contribution in [-0.2, 0) is 0 Å². The first-order valence-corrected chi connectivity index (χ1v) is 7.37. The van der Waals surface area contributed by atoms with E-state index in [0.717, 1.165) is 31.5 Å². The second kappa shape index (κ2) is 6.59. The van der Waals surface area contributed by atoms with Crippen LogP contribution in [0.4, 0.5) is 0 Å². The molecule has 2 N–H and O–H groups in total. The Bertz CT molecular complexity index is 479. The minimum atomic E-state index is 0. The molecule has 1 saturated heterocycles.